The first-order valence-electron chi connectivity index (χ1n) is 8.46. The minimum absolute atomic E-state index is 0.00964. The zero-order valence-corrected chi connectivity index (χ0v) is 13.7. The van der Waals surface area contributed by atoms with Crippen molar-refractivity contribution in [2.75, 3.05) is 19.7 Å². The van der Waals surface area contributed by atoms with Crippen LogP contribution in [-0.2, 0) is 4.79 Å². The summed E-state index contributed by atoms with van der Waals surface area (Å²) in [6.07, 6.45) is 0. The molecule has 0 radical (unpaired) electrons. The lowest BCUT2D eigenvalue weighted by Gasteiger charge is -2.57. The Labute approximate surface area is 146 Å². The highest BCUT2D eigenvalue weighted by Gasteiger charge is 2.52. The van der Waals surface area contributed by atoms with Crippen LogP contribution < -0.4 is 5.32 Å². The summed E-state index contributed by atoms with van der Waals surface area (Å²) in [6, 6.07) is 17.9. The first kappa shape index (κ1) is 15.8. The molecule has 0 aromatic heterocycles. The van der Waals surface area contributed by atoms with Crippen molar-refractivity contribution in [3.05, 3.63) is 59.7 Å². The van der Waals surface area contributed by atoms with Crippen LogP contribution in [0.3, 0.4) is 0 Å². The molecule has 5 nitrogen and oxygen atoms in total. The Morgan fingerprint density at radius 2 is 1.76 bits per heavy atom. The number of nitrogens with zero attached hydrogens (tertiary/aromatic N) is 2. The van der Waals surface area contributed by atoms with Crippen LogP contribution in [0.1, 0.15) is 17.0 Å². The van der Waals surface area contributed by atoms with Crippen LogP contribution in [0.5, 0.6) is 0 Å². The molecule has 0 unspecified atom stereocenters. The van der Waals surface area contributed by atoms with E-state index in [4.69, 9.17) is 5.26 Å². The number of benzene rings is 2. The SMILES string of the molecule is N#Cc1ccc(-c2ccc([C@H]3[C@@H](CO)N4C(=O)CNC[C@@H]34)cc2)cc1. The molecule has 126 valence electrons. The van der Waals surface area contributed by atoms with E-state index in [0.717, 1.165) is 23.2 Å². The number of aliphatic hydroxyl groups excluding tert-OH is 1. The summed E-state index contributed by atoms with van der Waals surface area (Å²) in [5.41, 5.74) is 3.95. The second kappa shape index (κ2) is 6.32. The summed E-state index contributed by atoms with van der Waals surface area (Å²) >= 11 is 0. The molecule has 0 bridgehead atoms. The van der Waals surface area contributed by atoms with Gasteiger partial charge in [0.05, 0.1) is 36.9 Å². The second-order valence-electron chi connectivity index (χ2n) is 6.59. The molecule has 2 aromatic carbocycles. The van der Waals surface area contributed by atoms with E-state index in [0.29, 0.717) is 12.1 Å². The normalized spacial score (nSPS) is 25.0. The van der Waals surface area contributed by atoms with Crippen molar-refractivity contribution in [2.24, 2.45) is 0 Å². The quantitative estimate of drug-likeness (QED) is 0.892. The molecular weight excluding hydrogens is 314 g/mol. The van der Waals surface area contributed by atoms with Gasteiger partial charge in [0.2, 0.25) is 5.91 Å². The van der Waals surface area contributed by atoms with Gasteiger partial charge < -0.3 is 15.3 Å². The largest absolute Gasteiger partial charge is 0.394 e. The van der Waals surface area contributed by atoms with Gasteiger partial charge in [0.25, 0.3) is 0 Å². The number of rotatable bonds is 3. The molecule has 25 heavy (non-hydrogen) atoms. The Morgan fingerprint density at radius 3 is 2.36 bits per heavy atom. The summed E-state index contributed by atoms with van der Waals surface area (Å²) in [4.78, 5) is 13.9. The third-order valence-corrected chi connectivity index (χ3v) is 5.29. The molecule has 2 aromatic rings. The van der Waals surface area contributed by atoms with Crippen LogP contribution in [0, 0.1) is 11.3 Å². The highest BCUT2D eigenvalue weighted by molar-refractivity contribution is 5.81. The number of hydrogen-bond donors (Lipinski definition) is 2. The van der Waals surface area contributed by atoms with Crippen LogP contribution in [0.15, 0.2) is 48.5 Å². The maximum absolute atomic E-state index is 12.0. The van der Waals surface area contributed by atoms with Crippen molar-refractivity contribution in [1.29, 1.82) is 5.26 Å². The zero-order valence-electron chi connectivity index (χ0n) is 13.7. The third-order valence-electron chi connectivity index (χ3n) is 5.29. The van der Waals surface area contributed by atoms with Crippen LogP contribution in [0.2, 0.25) is 0 Å². The highest BCUT2D eigenvalue weighted by atomic mass is 16.3. The zero-order chi connectivity index (χ0) is 17.4. The lowest BCUT2D eigenvalue weighted by molar-refractivity contribution is -0.153. The van der Waals surface area contributed by atoms with Gasteiger partial charge in [-0.15, -0.1) is 0 Å². The van der Waals surface area contributed by atoms with Gasteiger partial charge >= 0.3 is 0 Å². The molecule has 2 aliphatic rings. The van der Waals surface area contributed by atoms with Crippen LogP contribution in [-0.4, -0.2) is 47.7 Å². The molecular formula is C20H19N3O2. The first-order chi connectivity index (χ1) is 12.2. The Morgan fingerprint density at radius 1 is 1.12 bits per heavy atom. The van der Waals surface area contributed by atoms with Crippen LogP contribution in [0.4, 0.5) is 0 Å². The fraction of sp³-hybridized carbons (Fsp3) is 0.300. The number of aliphatic hydroxyl groups is 1. The van der Waals surface area contributed by atoms with Crippen molar-refractivity contribution in [1.82, 2.24) is 10.2 Å². The maximum Gasteiger partial charge on any atom is 0.237 e. The lowest BCUT2D eigenvalue weighted by atomic mass is 9.74. The van der Waals surface area contributed by atoms with Gasteiger partial charge in [-0.05, 0) is 28.8 Å². The molecule has 4 rings (SSSR count). The molecule has 0 spiro atoms. The predicted octanol–water partition coefficient (Wildman–Crippen LogP) is 1.48. The minimum atomic E-state index is -0.125. The molecule has 0 saturated carbocycles. The van der Waals surface area contributed by atoms with E-state index >= 15 is 0 Å². The third kappa shape index (κ3) is 2.60. The highest BCUT2D eigenvalue weighted by Crippen LogP contribution is 2.41. The monoisotopic (exact) mass is 333 g/mol. The minimum Gasteiger partial charge on any atom is -0.394 e. The molecule has 2 heterocycles. The Balaban J connectivity index is 1.57. The lowest BCUT2D eigenvalue weighted by Crippen LogP contribution is -2.72. The van der Waals surface area contributed by atoms with Gasteiger partial charge in [-0.1, -0.05) is 36.4 Å². The number of piperazine rings is 1. The standard InChI is InChI=1S/C20H19N3O2/c21-9-13-1-3-14(4-2-13)15-5-7-16(8-6-15)20-17-10-22-11-19(25)23(17)18(20)12-24/h1-8,17-18,20,22,24H,10-12H2/t17-,18+,20+/m0/s1. The topological polar surface area (TPSA) is 76.4 Å². The van der Waals surface area contributed by atoms with Gasteiger partial charge in [-0.25, -0.2) is 0 Å². The number of nitrogens with one attached hydrogen (secondary N) is 1. The number of fused-ring (bicyclic) bond motifs is 1. The summed E-state index contributed by atoms with van der Waals surface area (Å²) in [5, 5.41) is 21.8. The number of carbonyl (C=O) groups is 1. The molecule has 2 N–H and O–H groups in total. The van der Waals surface area contributed by atoms with Crippen molar-refractivity contribution in [2.45, 2.75) is 18.0 Å². The van der Waals surface area contributed by atoms with Crippen LogP contribution in [0.25, 0.3) is 11.1 Å². The van der Waals surface area contributed by atoms with E-state index in [1.807, 2.05) is 29.2 Å². The summed E-state index contributed by atoms with van der Waals surface area (Å²) in [5.74, 6) is 0.234. The van der Waals surface area contributed by atoms with E-state index in [-0.39, 0.29) is 30.5 Å². The summed E-state index contributed by atoms with van der Waals surface area (Å²) in [6.45, 7) is 1.12. The fourth-order valence-electron chi connectivity index (χ4n) is 4.04. The van der Waals surface area contributed by atoms with E-state index < -0.39 is 0 Å². The maximum atomic E-state index is 12.0. The van der Waals surface area contributed by atoms with Crippen molar-refractivity contribution >= 4 is 5.91 Å². The molecule has 2 aliphatic heterocycles. The van der Waals surface area contributed by atoms with Crippen molar-refractivity contribution in [3.8, 4) is 17.2 Å². The summed E-state index contributed by atoms with van der Waals surface area (Å²) < 4.78 is 0. The molecule has 2 saturated heterocycles. The van der Waals surface area contributed by atoms with Gasteiger partial charge in [-0.2, -0.15) is 5.26 Å². The van der Waals surface area contributed by atoms with Gasteiger partial charge in [0, 0.05) is 12.5 Å². The fourth-order valence-corrected chi connectivity index (χ4v) is 4.04. The smallest absolute Gasteiger partial charge is 0.237 e. The average Bonchev–Trinajstić information content (AvgIpc) is 2.64. The molecule has 0 aliphatic carbocycles. The van der Waals surface area contributed by atoms with E-state index in [1.165, 1.54) is 0 Å². The second-order valence-corrected chi connectivity index (χ2v) is 6.59. The summed E-state index contributed by atoms with van der Waals surface area (Å²) in [7, 11) is 0. The van der Waals surface area contributed by atoms with E-state index in [2.05, 4.69) is 35.7 Å². The van der Waals surface area contributed by atoms with Crippen molar-refractivity contribution < 1.29 is 9.90 Å². The van der Waals surface area contributed by atoms with Crippen molar-refractivity contribution in [3.63, 3.8) is 0 Å². The Bertz CT molecular complexity index is 818. The molecule has 5 heteroatoms. The van der Waals surface area contributed by atoms with Gasteiger partial charge in [-0.3, -0.25) is 4.79 Å². The van der Waals surface area contributed by atoms with Gasteiger partial charge in [0.15, 0.2) is 0 Å². The molecule has 3 atom stereocenters. The molecule has 1 amide bonds. The predicted molar refractivity (Wildman–Crippen MR) is 93.7 cm³/mol. The molecule has 2 fully saturated rings. The number of carbonyl (C=O) groups excluding carboxylic acids is 1. The van der Waals surface area contributed by atoms with E-state index in [1.54, 1.807) is 0 Å². The van der Waals surface area contributed by atoms with Crippen LogP contribution >= 0.6 is 0 Å². The Kier molecular flexibility index (Phi) is 4.00. The van der Waals surface area contributed by atoms with Gasteiger partial charge in [0.1, 0.15) is 0 Å². The first-order valence-corrected chi connectivity index (χ1v) is 8.46. The Hall–Kier alpha value is -2.68. The number of amides is 1. The number of hydrogen-bond acceptors (Lipinski definition) is 4. The number of nitriles is 1. The van der Waals surface area contributed by atoms with E-state index in [9.17, 15) is 9.90 Å². The average molecular weight is 333 g/mol.